The zero-order valence-electron chi connectivity index (χ0n) is 13.7. The van der Waals surface area contributed by atoms with Crippen LogP contribution in [0.1, 0.15) is 36.0 Å². The number of nitrogens with zero attached hydrogens (tertiary/aromatic N) is 6. The van der Waals surface area contributed by atoms with Gasteiger partial charge in [-0.2, -0.15) is 15.3 Å². The maximum absolute atomic E-state index is 9.18. The molecule has 8 nitrogen and oxygen atoms in total. The molecule has 0 saturated carbocycles. The van der Waals surface area contributed by atoms with Gasteiger partial charge in [0.2, 0.25) is 0 Å². The van der Waals surface area contributed by atoms with E-state index in [9.17, 15) is 5.11 Å². The second-order valence-corrected chi connectivity index (χ2v) is 6.24. The summed E-state index contributed by atoms with van der Waals surface area (Å²) in [5.41, 5.74) is 3.13. The number of fused-ring (bicyclic) bond motifs is 1. The molecule has 1 atom stereocenters. The average molecular weight is 327 g/mol. The zero-order valence-corrected chi connectivity index (χ0v) is 13.7. The largest absolute Gasteiger partial charge is 0.396 e. The second kappa shape index (κ2) is 6.20. The minimum absolute atomic E-state index is 0.150. The lowest BCUT2D eigenvalue weighted by molar-refractivity contribution is 0.274. The van der Waals surface area contributed by atoms with Crippen molar-refractivity contribution in [3.63, 3.8) is 0 Å². The van der Waals surface area contributed by atoms with Gasteiger partial charge >= 0.3 is 0 Å². The van der Waals surface area contributed by atoms with Crippen molar-refractivity contribution in [1.29, 1.82) is 0 Å². The molecule has 0 spiro atoms. The summed E-state index contributed by atoms with van der Waals surface area (Å²) >= 11 is 0. The van der Waals surface area contributed by atoms with Crippen LogP contribution in [0.15, 0.2) is 18.5 Å². The van der Waals surface area contributed by atoms with E-state index in [1.807, 2.05) is 17.8 Å². The van der Waals surface area contributed by atoms with Crippen LogP contribution in [-0.2, 0) is 19.5 Å². The molecule has 4 rings (SSSR count). The van der Waals surface area contributed by atoms with Gasteiger partial charge in [0.05, 0.1) is 11.8 Å². The lowest BCUT2D eigenvalue weighted by Gasteiger charge is -2.22. The zero-order chi connectivity index (χ0) is 16.5. The fourth-order valence-corrected chi connectivity index (χ4v) is 3.32. The normalized spacial score (nSPS) is 17.2. The molecule has 2 N–H and O–H groups in total. The van der Waals surface area contributed by atoms with Gasteiger partial charge in [-0.1, -0.05) is 0 Å². The topological polar surface area (TPSA) is 97.4 Å². The molecular formula is C16H21N7O. The Morgan fingerprint density at radius 2 is 2.33 bits per heavy atom. The van der Waals surface area contributed by atoms with E-state index in [0.717, 1.165) is 36.5 Å². The van der Waals surface area contributed by atoms with E-state index in [1.165, 1.54) is 5.69 Å². The van der Waals surface area contributed by atoms with Gasteiger partial charge in [0, 0.05) is 43.2 Å². The van der Waals surface area contributed by atoms with Crippen LogP contribution in [0.25, 0.3) is 11.4 Å². The number of aromatic amines is 1. The van der Waals surface area contributed by atoms with Gasteiger partial charge in [0.1, 0.15) is 5.82 Å². The third kappa shape index (κ3) is 2.62. The molecule has 0 radical (unpaired) electrons. The standard InChI is InChI=1S/C16H21N7O/c1-11-14(10-17-20-11)15-19-16(23(21-15)6-2-8-24)12-4-7-22-13(9-12)3-5-18-22/h3,5,10,12,24H,2,4,6-9H2,1H3,(H,17,20). The Hall–Kier alpha value is -2.48. The summed E-state index contributed by atoms with van der Waals surface area (Å²) in [5, 5.41) is 25.2. The minimum Gasteiger partial charge on any atom is -0.396 e. The first-order chi connectivity index (χ1) is 11.8. The summed E-state index contributed by atoms with van der Waals surface area (Å²) in [6, 6.07) is 2.07. The maximum atomic E-state index is 9.18. The first-order valence-corrected chi connectivity index (χ1v) is 8.33. The number of hydrogen-bond donors (Lipinski definition) is 2. The number of aromatic nitrogens is 7. The maximum Gasteiger partial charge on any atom is 0.184 e. The highest BCUT2D eigenvalue weighted by atomic mass is 16.3. The Morgan fingerprint density at radius 3 is 3.12 bits per heavy atom. The highest BCUT2D eigenvalue weighted by Gasteiger charge is 2.26. The van der Waals surface area contributed by atoms with E-state index >= 15 is 0 Å². The van der Waals surface area contributed by atoms with Crippen LogP contribution >= 0.6 is 0 Å². The molecule has 0 aliphatic carbocycles. The van der Waals surface area contributed by atoms with Crippen molar-refractivity contribution in [2.24, 2.45) is 0 Å². The highest BCUT2D eigenvalue weighted by Crippen LogP contribution is 2.30. The van der Waals surface area contributed by atoms with Gasteiger partial charge in [-0.15, -0.1) is 0 Å². The number of aryl methyl sites for hydroxylation is 3. The number of nitrogens with one attached hydrogen (secondary N) is 1. The molecule has 0 bridgehead atoms. The molecule has 4 heterocycles. The lowest BCUT2D eigenvalue weighted by Crippen LogP contribution is -2.21. The summed E-state index contributed by atoms with van der Waals surface area (Å²) in [7, 11) is 0. The molecule has 0 fully saturated rings. The van der Waals surface area contributed by atoms with Gasteiger partial charge in [-0.05, 0) is 32.3 Å². The monoisotopic (exact) mass is 327 g/mol. The molecule has 1 aliphatic rings. The van der Waals surface area contributed by atoms with Crippen molar-refractivity contribution in [1.82, 2.24) is 34.7 Å². The van der Waals surface area contributed by atoms with Gasteiger partial charge < -0.3 is 5.11 Å². The van der Waals surface area contributed by atoms with E-state index in [-0.39, 0.29) is 6.61 Å². The van der Waals surface area contributed by atoms with E-state index in [0.29, 0.717) is 24.7 Å². The number of aliphatic hydroxyl groups excluding tert-OH is 1. The van der Waals surface area contributed by atoms with Gasteiger partial charge in [-0.3, -0.25) is 9.78 Å². The van der Waals surface area contributed by atoms with Crippen molar-refractivity contribution in [3.8, 4) is 11.4 Å². The Bertz CT molecular complexity index is 831. The van der Waals surface area contributed by atoms with Crippen LogP contribution in [0.2, 0.25) is 0 Å². The van der Waals surface area contributed by atoms with Crippen molar-refractivity contribution in [2.45, 2.75) is 45.2 Å². The summed E-state index contributed by atoms with van der Waals surface area (Å²) in [6.07, 6.45) is 6.21. The van der Waals surface area contributed by atoms with Crippen LogP contribution in [0, 0.1) is 6.92 Å². The molecule has 1 aliphatic heterocycles. The molecule has 24 heavy (non-hydrogen) atoms. The Morgan fingerprint density at radius 1 is 1.42 bits per heavy atom. The van der Waals surface area contributed by atoms with Crippen LogP contribution in [0.3, 0.4) is 0 Å². The molecule has 126 valence electrons. The van der Waals surface area contributed by atoms with Crippen molar-refractivity contribution >= 4 is 0 Å². The Kier molecular flexibility index (Phi) is 3.89. The van der Waals surface area contributed by atoms with Gasteiger partial charge in [0.15, 0.2) is 5.82 Å². The fourth-order valence-electron chi connectivity index (χ4n) is 3.32. The summed E-state index contributed by atoms with van der Waals surface area (Å²) in [6.45, 7) is 3.69. The van der Waals surface area contributed by atoms with E-state index in [4.69, 9.17) is 4.98 Å². The van der Waals surface area contributed by atoms with Crippen LogP contribution in [-0.4, -0.2) is 46.5 Å². The minimum atomic E-state index is 0.150. The van der Waals surface area contributed by atoms with Gasteiger partial charge in [-0.25, -0.2) is 9.67 Å². The quantitative estimate of drug-likeness (QED) is 0.736. The first kappa shape index (κ1) is 15.1. The van der Waals surface area contributed by atoms with Crippen LogP contribution < -0.4 is 0 Å². The number of aliphatic hydroxyl groups is 1. The second-order valence-electron chi connectivity index (χ2n) is 6.24. The smallest absolute Gasteiger partial charge is 0.184 e. The van der Waals surface area contributed by atoms with E-state index < -0.39 is 0 Å². The molecule has 0 saturated heterocycles. The van der Waals surface area contributed by atoms with E-state index in [1.54, 1.807) is 6.20 Å². The molecule has 0 amide bonds. The third-order valence-corrected chi connectivity index (χ3v) is 4.61. The van der Waals surface area contributed by atoms with Crippen LogP contribution in [0.5, 0.6) is 0 Å². The summed E-state index contributed by atoms with van der Waals surface area (Å²) < 4.78 is 4.01. The number of hydrogen-bond acceptors (Lipinski definition) is 5. The highest BCUT2D eigenvalue weighted by molar-refractivity contribution is 5.56. The lowest BCUT2D eigenvalue weighted by atomic mass is 9.95. The molecule has 8 heteroatoms. The Balaban J connectivity index is 1.68. The Labute approximate surface area is 139 Å². The predicted molar refractivity (Wildman–Crippen MR) is 87.3 cm³/mol. The van der Waals surface area contributed by atoms with Crippen molar-refractivity contribution in [2.75, 3.05) is 6.61 Å². The fraction of sp³-hybridized carbons (Fsp3) is 0.500. The molecule has 3 aromatic rings. The third-order valence-electron chi connectivity index (χ3n) is 4.61. The van der Waals surface area contributed by atoms with Crippen LogP contribution in [0.4, 0.5) is 0 Å². The first-order valence-electron chi connectivity index (χ1n) is 8.33. The molecule has 3 aromatic heterocycles. The van der Waals surface area contributed by atoms with Crippen molar-refractivity contribution < 1.29 is 5.11 Å². The predicted octanol–water partition coefficient (Wildman–Crippen LogP) is 1.29. The summed E-state index contributed by atoms with van der Waals surface area (Å²) in [5.74, 6) is 2.01. The van der Waals surface area contributed by atoms with E-state index in [2.05, 4.69) is 31.1 Å². The number of H-pyrrole nitrogens is 1. The van der Waals surface area contributed by atoms with Crippen molar-refractivity contribution in [3.05, 3.63) is 35.7 Å². The SMILES string of the molecule is Cc1[nH]ncc1-c1nc(C2CCn3nccc3C2)n(CCCO)n1. The van der Waals surface area contributed by atoms with Gasteiger partial charge in [0.25, 0.3) is 0 Å². The molecule has 0 aromatic carbocycles. The molecular weight excluding hydrogens is 306 g/mol. The average Bonchev–Trinajstić information content (AvgIpc) is 3.30. The summed E-state index contributed by atoms with van der Waals surface area (Å²) in [4.78, 5) is 4.83. The molecule has 1 unspecified atom stereocenters. The number of rotatable bonds is 5.